The molecule has 4 nitrogen and oxygen atoms in total. The van der Waals surface area contributed by atoms with Crippen LogP contribution in [0.5, 0.6) is 0 Å². The number of carbonyl (C=O) groups excluding carboxylic acids is 2. The zero-order valence-electron chi connectivity index (χ0n) is 23.6. The summed E-state index contributed by atoms with van der Waals surface area (Å²) < 4.78 is 0. The average Bonchev–Trinajstić information content (AvgIpc) is 2.76. The number of rotatable bonds is 24. The Morgan fingerprint density at radius 2 is 0.559 bits per heavy atom. The normalized spacial score (nSPS) is 9.94. The SMILES string of the molecule is CCCCCCCCCCCC(=O)[O-].CCCCCCCCCCCCCCCC(=O)[O-].[Na+].[Na+]. The average molecular weight is 501 g/mol. The van der Waals surface area contributed by atoms with Crippen LogP contribution in [-0.4, -0.2) is 11.9 Å². The molecule has 0 aliphatic rings. The Morgan fingerprint density at radius 3 is 0.735 bits per heavy atom. The van der Waals surface area contributed by atoms with Gasteiger partial charge in [0, 0.05) is 11.9 Å². The molecule has 0 atom stereocenters. The molecule has 0 aromatic rings. The van der Waals surface area contributed by atoms with Crippen molar-refractivity contribution in [2.45, 2.75) is 168 Å². The van der Waals surface area contributed by atoms with E-state index in [2.05, 4.69) is 13.8 Å². The second-order valence-corrected chi connectivity index (χ2v) is 9.32. The minimum absolute atomic E-state index is 0. The van der Waals surface area contributed by atoms with E-state index in [9.17, 15) is 19.8 Å². The molecule has 0 saturated carbocycles. The van der Waals surface area contributed by atoms with Gasteiger partial charge in [0.15, 0.2) is 0 Å². The van der Waals surface area contributed by atoms with Crippen molar-refractivity contribution in [1.29, 1.82) is 0 Å². The van der Waals surface area contributed by atoms with Gasteiger partial charge in [-0.05, 0) is 25.7 Å². The summed E-state index contributed by atoms with van der Waals surface area (Å²) in [4.78, 5) is 20.3. The van der Waals surface area contributed by atoms with Gasteiger partial charge >= 0.3 is 59.1 Å². The first kappa shape index (κ1) is 42.0. The van der Waals surface area contributed by atoms with Crippen molar-refractivity contribution in [3.8, 4) is 0 Å². The van der Waals surface area contributed by atoms with Gasteiger partial charge in [0.1, 0.15) is 0 Å². The molecule has 0 aliphatic heterocycles. The first-order valence-corrected chi connectivity index (χ1v) is 13.9. The summed E-state index contributed by atoms with van der Waals surface area (Å²) in [7, 11) is 0. The van der Waals surface area contributed by atoms with E-state index in [0.717, 1.165) is 25.7 Å². The maximum Gasteiger partial charge on any atom is 1.00 e. The number of carboxylic acid groups (broad SMARTS) is 2. The molecule has 0 N–H and O–H groups in total. The zero-order valence-corrected chi connectivity index (χ0v) is 27.6. The third kappa shape index (κ3) is 46.3. The van der Waals surface area contributed by atoms with Crippen molar-refractivity contribution in [1.82, 2.24) is 0 Å². The quantitative estimate of drug-likeness (QED) is 0.146. The van der Waals surface area contributed by atoms with Crippen molar-refractivity contribution in [2.24, 2.45) is 0 Å². The molecule has 0 spiro atoms. The first-order valence-electron chi connectivity index (χ1n) is 13.9. The van der Waals surface area contributed by atoms with Gasteiger partial charge < -0.3 is 19.8 Å². The van der Waals surface area contributed by atoms with Crippen molar-refractivity contribution in [3.63, 3.8) is 0 Å². The molecule has 0 fully saturated rings. The van der Waals surface area contributed by atoms with Crippen molar-refractivity contribution in [2.75, 3.05) is 0 Å². The Hall–Kier alpha value is 0.940. The monoisotopic (exact) mass is 500 g/mol. The van der Waals surface area contributed by atoms with Crippen LogP contribution < -0.4 is 69.3 Å². The molecule has 0 unspecified atom stereocenters. The van der Waals surface area contributed by atoms with E-state index < -0.39 is 11.9 Å². The van der Waals surface area contributed by atoms with Crippen LogP contribution in [0.3, 0.4) is 0 Å². The van der Waals surface area contributed by atoms with Gasteiger partial charge in [-0.25, -0.2) is 0 Å². The molecule has 0 amide bonds. The Labute approximate surface area is 256 Å². The maximum atomic E-state index is 10.2. The summed E-state index contributed by atoms with van der Waals surface area (Å²) in [5.41, 5.74) is 0. The summed E-state index contributed by atoms with van der Waals surface area (Å²) in [6, 6.07) is 0. The van der Waals surface area contributed by atoms with Crippen molar-refractivity contribution < 1.29 is 78.9 Å². The maximum absolute atomic E-state index is 10.2. The van der Waals surface area contributed by atoms with Crippen LogP contribution >= 0.6 is 0 Å². The standard InChI is InChI=1S/C16H32O2.C12H24O2.2Na/c1-2-3-4-5-6-7-8-9-10-11-12-13-14-15-16(17)18;1-2-3-4-5-6-7-8-9-10-11-12(13)14;;/h2-15H2,1H3,(H,17,18);2-11H2,1H3,(H,13,14);;/q;;2*+1/p-2. The van der Waals surface area contributed by atoms with E-state index in [1.807, 2.05) is 0 Å². The molecule has 0 aromatic heterocycles. The van der Waals surface area contributed by atoms with Gasteiger partial charge in [-0.15, -0.1) is 0 Å². The van der Waals surface area contributed by atoms with E-state index >= 15 is 0 Å². The molecule has 0 rings (SSSR count). The number of aliphatic carboxylic acids is 2. The molecule has 34 heavy (non-hydrogen) atoms. The summed E-state index contributed by atoms with van der Waals surface area (Å²) in [6.07, 6.45) is 28.1. The molecule has 0 saturated heterocycles. The van der Waals surface area contributed by atoms with Crippen LogP contribution in [0.1, 0.15) is 168 Å². The Morgan fingerprint density at radius 1 is 0.382 bits per heavy atom. The third-order valence-corrected chi connectivity index (χ3v) is 5.97. The van der Waals surface area contributed by atoms with Crippen molar-refractivity contribution >= 4 is 11.9 Å². The molecule has 0 aromatic carbocycles. The molecule has 192 valence electrons. The minimum Gasteiger partial charge on any atom is -0.550 e. The van der Waals surface area contributed by atoms with Crippen LogP contribution in [0.15, 0.2) is 0 Å². The van der Waals surface area contributed by atoms with Gasteiger partial charge in [0.2, 0.25) is 0 Å². The summed E-state index contributed by atoms with van der Waals surface area (Å²) in [6.45, 7) is 4.48. The number of carbonyl (C=O) groups is 2. The molecule has 6 heteroatoms. The third-order valence-electron chi connectivity index (χ3n) is 5.97. The summed E-state index contributed by atoms with van der Waals surface area (Å²) >= 11 is 0. The second-order valence-electron chi connectivity index (χ2n) is 9.32. The van der Waals surface area contributed by atoms with E-state index in [0.29, 0.717) is 0 Å². The van der Waals surface area contributed by atoms with Crippen LogP contribution in [0, 0.1) is 0 Å². The molecule has 0 aliphatic carbocycles. The molecular weight excluding hydrogens is 446 g/mol. The predicted molar refractivity (Wildman–Crippen MR) is 132 cm³/mol. The predicted octanol–water partition coefficient (Wildman–Crippen LogP) is 0.883. The van der Waals surface area contributed by atoms with E-state index in [4.69, 9.17) is 0 Å². The van der Waals surface area contributed by atoms with E-state index in [1.165, 1.54) is 116 Å². The van der Waals surface area contributed by atoms with Crippen molar-refractivity contribution in [3.05, 3.63) is 0 Å². The Kier molecular flexibility index (Phi) is 47.6. The van der Waals surface area contributed by atoms with Gasteiger partial charge in [0.25, 0.3) is 0 Å². The van der Waals surface area contributed by atoms with Crippen LogP contribution in [-0.2, 0) is 9.59 Å². The topological polar surface area (TPSA) is 80.3 Å². The van der Waals surface area contributed by atoms with Crippen LogP contribution in [0.2, 0.25) is 0 Å². The fraction of sp³-hybridized carbons (Fsp3) is 0.929. The zero-order chi connectivity index (χ0) is 24.1. The second kappa shape index (κ2) is 38.5. The first-order chi connectivity index (χ1) is 15.5. The Balaban J connectivity index is -0.000000257. The number of unbranched alkanes of at least 4 members (excludes halogenated alkanes) is 20. The molecular formula is C28H54Na2O4. The number of carboxylic acids is 2. The summed E-state index contributed by atoms with van der Waals surface area (Å²) in [5, 5.41) is 20.3. The molecule has 0 heterocycles. The smallest absolute Gasteiger partial charge is 0.550 e. The fourth-order valence-electron chi connectivity index (χ4n) is 3.87. The molecule has 0 radical (unpaired) electrons. The van der Waals surface area contributed by atoms with Gasteiger partial charge in [-0.2, -0.15) is 0 Å². The summed E-state index contributed by atoms with van der Waals surface area (Å²) in [5.74, 6) is -1.81. The van der Waals surface area contributed by atoms with Crippen LogP contribution in [0.4, 0.5) is 0 Å². The van der Waals surface area contributed by atoms with Crippen LogP contribution in [0.25, 0.3) is 0 Å². The minimum atomic E-state index is -0.909. The number of hydrogen-bond donors (Lipinski definition) is 0. The van der Waals surface area contributed by atoms with Gasteiger partial charge in [-0.1, -0.05) is 142 Å². The molecule has 0 bridgehead atoms. The van der Waals surface area contributed by atoms with E-state index in [-0.39, 0.29) is 72.0 Å². The van der Waals surface area contributed by atoms with Gasteiger partial charge in [0.05, 0.1) is 0 Å². The van der Waals surface area contributed by atoms with Gasteiger partial charge in [-0.3, -0.25) is 0 Å². The fourth-order valence-corrected chi connectivity index (χ4v) is 3.87. The largest absolute Gasteiger partial charge is 1.00 e. The number of hydrogen-bond acceptors (Lipinski definition) is 4. The Bertz CT molecular complexity index is 393. The van der Waals surface area contributed by atoms with E-state index in [1.54, 1.807) is 0 Å².